The summed E-state index contributed by atoms with van der Waals surface area (Å²) in [5.41, 5.74) is 0. The molecule has 0 bridgehead atoms. The molecule has 0 N–H and O–H groups in total. The molecule has 2 aliphatic carbocycles. The average Bonchev–Trinajstić information content (AvgIpc) is 2.40. The van der Waals surface area contributed by atoms with Gasteiger partial charge >= 0.3 is 60.8 Å². The van der Waals surface area contributed by atoms with E-state index >= 15 is 0 Å². The largest absolute Gasteiger partial charge is 2.00 e. The monoisotopic (exact) mass is 388 g/mol. The predicted octanol–water partition coefficient (Wildman–Crippen LogP) is -6.16. The summed E-state index contributed by atoms with van der Waals surface area (Å²) in [6.07, 6.45) is 13.9. The van der Waals surface area contributed by atoms with Crippen LogP contribution < -0.4 is 62.5 Å². The topological polar surface area (TPSA) is 28.2 Å². The fourth-order valence-electron chi connectivity index (χ4n) is 3.30. The van der Waals surface area contributed by atoms with Crippen molar-refractivity contribution in [3.05, 3.63) is 10.6 Å². The van der Waals surface area contributed by atoms with Crippen LogP contribution in [0, 0.1) is 0 Å². The molecule has 136 valence electrons. The molecule has 2 rings (SSSR count). The van der Waals surface area contributed by atoms with Crippen molar-refractivity contribution in [1.82, 2.24) is 0 Å². The fourth-order valence-corrected chi connectivity index (χ4v) is 3.30. The smallest absolute Gasteiger partial charge is 1.00 e. The molecule has 0 atom stereocenters. The van der Waals surface area contributed by atoms with Crippen LogP contribution >= 0.6 is 0 Å². The molecule has 25 heavy (non-hydrogen) atoms. The van der Waals surface area contributed by atoms with E-state index in [0.717, 1.165) is 0 Å². The number of hydrogen-bond acceptors (Lipinski definition) is 0. The molecule has 0 radical (unpaired) electrons. The van der Waals surface area contributed by atoms with Gasteiger partial charge < -0.3 is 35.4 Å². The molecule has 7 heteroatoms. The molecule has 0 aromatic heterocycles. The number of nitrogens with zero attached hydrogens (tertiary/aromatic N) is 2. The summed E-state index contributed by atoms with van der Waals surface area (Å²) in [4.78, 5) is 0. The van der Waals surface area contributed by atoms with E-state index < -0.39 is 0 Å². The maximum Gasteiger partial charge on any atom is 2.00 e. The van der Waals surface area contributed by atoms with Gasteiger partial charge in [-0.1, -0.05) is 91.9 Å². The first-order chi connectivity index (χ1) is 9.58. The Hall–Kier alpha value is 2.46. The van der Waals surface area contributed by atoms with Crippen molar-refractivity contribution >= 4 is 23.1 Å². The maximum absolute atomic E-state index is 4.64. The zero-order valence-corrected chi connectivity index (χ0v) is 20.7. The Kier molecular flexibility index (Phi) is 37.3. The van der Waals surface area contributed by atoms with Crippen molar-refractivity contribution in [2.45, 2.75) is 116 Å². The molecule has 0 aliphatic heterocycles. The van der Waals surface area contributed by atoms with Gasteiger partial charge in [0.1, 0.15) is 0 Å². The zero-order valence-electron chi connectivity index (χ0n) is 17.7. The van der Waals surface area contributed by atoms with Crippen molar-refractivity contribution < 1.29 is 62.5 Å². The van der Waals surface area contributed by atoms with Gasteiger partial charge in [0.2, 0.25) is 0 Å². The van der Waals surface area contributed by atoms with Crippen LogP contribution in [-0.4, -0.2) is 47.2 Å². The zero-order chi connectivity index (χ0) is 14.8. The van der Waals surface area contributed by atoms with Crippen LogP contribution in [0.1, 0.15) is 91.9 Å². The molecule has 0 heterocycles. The molecule has 2 aliphatic rings. The van der Waals surface area contributed by atoms with Crippen molar-refractivity contribution in [3.8, 4) is 0 Å². The summed E-state index contributed by atoms with van der Waals surface area (Å²) in [6, 6.07) is 2.49. The molecule has 0 amide bonds. The summed E-state index contributed by atoms with van der Waals surface area (Å²) < 4.78 is 0. The number of hydrogen-bond donors (Lipinski definition) is 0. The van der Waals surface area contributed by atoms with E-state index in [9.17, 15) is 0 Å². The van der Waals surface area contributed by atoms with Gasteiger partial charge in [0.15, 0.2) is 0 Å². The van der Waals surface area contributed by atoms with Gasteiger partial charge in [-0.25, -0.2) is 0 Å². The molecule has 2 fully saturated rings. The molecule has 0 spiro atoms. The van der Waals surface area contributed by atoms with Crippen LogP contribution in [0.15, 0.2) is 0 Å². The summed E-state index contributed by atoms with van der Waals surface area (Å²) in [6.45, 7) is 8.70. The SMILES string of the molecule is CC(C)[N-]C1CCCCC1.CC(C)[N-]C1CCCCC1.[Cl-].[Cl-].[Li+].[Li+].[Mg+2]. The van der Waals surface area contributed by atoms with Crippen LogP contribution in [-0.2, 0) is 0 Å². The van der Waals surface area contributed by atoms with Gasteiger partial charge in [0.25, 0.3) is 0 Å². The van der Waals surface area contributed by atoms with Gasteiger partial charge in [-0.2, -0.15) is 0 Å². The minimum atomic E-state index is 0. The molecule has 2 saturated carbocycles. The quantitative estimate of drug-likeness (QED) is 0.428. The Labute approximate surface area is 210 Å². The molecule has 2 nitrogen and oxygen atoms in total. The summed E-state index contributed by atoms with van der Waals surface area (Å²) >= 11 is 0. The summed E-state index contributed by atoms with van der Waals surface area (Å²) in [5, 5.41) is 9.27. The summed E-state index contributed by atoms with van der Waals surface area (Å²) in [5.74, 6) is 0. The van der Waals surface area contributed by atoms with E-state index in [2.05, 4.69) is 38.3 Å². The molecule has 0 aromatic carbocycles. The van der Waals surface area contributed by atoms with Crippen molar-refractivity contribution in [3.63, 3.8) is 0 Å². The van der Waals surface area contributed by atoms with Crippen LogP contribution in [0.5, 0.6) is 0 Å². The second-order valence-electron chi connectivity index (χ2n) is 7.07. The van der Waals surface area contributed by atoms with E-state index in [1.165, 1.54) is 64.2 Å². The Bertz CT molecular complexity index is 215. The normalized spacial score (nSPS) is 17.5. The second kappa shape index (κ2) is 24.5. The third kappa shape index (κ3) is 22.6. The standard InChI is InChI=1S/2C9H18N.2ClH.2Li.Mg/c2*1-8(2)10-9-6-4-3-5-7-9;;;;;/h2*8-9H,3-7H2,1-2H3;2*1H;;;/q2*-1;;;2*+1;+2/p-2. The minimum Gasteiger partial charge on any atom is -1.00 e. The van der Waals surface area contributed by atoms with E-state index in [-0.39, 0.29) is 85.6 Å². The average molecular weight is 390 g/mol. The molecular formula is C18H36Cl2Li2MgN2. The first kappa shape index (κ1) is 38.1. The number of halogens is 2. The fraction of sp³-hybridized carbons (Fsp3) is 1.00. The molecule has 0 aromatic rings. The third-order valence-electron chi connectivity index (χ3n) is 4.17. The minimum absolute atomic E-state index is 0. The first-order valence-electron chi connectivity index (χ1n) is 8.98. The Balaban J connectivity index is -0.0000000889. The number of rotatable bonds is 4. The Morgan fingerprint density at radius 3 is 1.00 bits per heavy atom. The summed E-state index contributed by atoms with van der Waals surface area (Å²) in [7, 11) is 0. The van der Waals surface area contributed by atoms with Crippen molar-refractivity contribution in [2.75, 3.05) is 0 Å². The van der Waals surface area contributed by atoms with Gasteiger partial charge in [-0.15, -0.1) is 24.2 Å². The van der Waals surface area contributed by atoms with Gasteiger partial charge in [0, 0.05) is 0 Å². The maximum atomic E-state index is 4.64. The van der Waals surface area contributed by atoms with E-state index in [4.69, 9.17) is 0 Å². The molecule has 0 saturated heterocycles. The Morgan fingerprint density at radius 1 is 0.560 bits per heavy atom. The van der Waals surface area contributed by atoms with E-state index in [1.54, 1.807) is 0 Å². The second-order valence-corrected chi connectivity index (χ2v) is 7.07. The van der Waals surface area contributed by atoms with E-state index in [0.29, 0.717) is 24.2 Å². The Morgan fingerprint density at radius 2 is 0.800 bits per heavy atom. The van der Waals surface area contributed by atoms with Crippen LogP contribution in [0.2, 0.25) is 0 Å². The van der Waals surface area contributed by atoms with Gasteiger partial charge in [-0.05, 0) is 0 Å². The first-order valence-corrected chi connectivity index (χ1v) is 8.98. The predicted molar refractivity (Wildman–Crippen MR) is 96.5 cm³/mol. The molecular weight excluding hydrogens is 353 g/mol. The van der Waals surface area contributed by atoms with Crippen LogP contribution in [0.3, 0.4) is 0 Å². The van der Waals surface area contributed by atoms with Crippen molar-refractivity contribution in [1.29, 1.82) is 0 Å². The van der Waals surface area contributed by atoms with Crippen molar-refractivity contribution in [2.24, 2.45) is 0 Å². The molecule has 0 unspecified atom stereocenters. The third-order valence-corrected chi connectivity index (χ3v) is 4.17. The van der Waals surface area contributed by atoms with Gasteiger partial charge in [0.05, 0.1) is 0 Å². The van der Waals surface area contributed by atoms with E-state index in [1.807, 2.05) is 0 Å². The van der Waals surface area contributed by atoms with Gasteiger partial charge in [-0.3, -0.25) is 0 Å². The van der Waals surface area contributed by atoms with Crippen LogP contribution in [0.25, 0.3) is 10.6 Å². The van der Waals surface area contributed by atoms with Crippen LogP contribution in [0.4, 0.5) is 0 Å².